The second-order valence-electron chi connectivity index (χ2n) is 7.99. The van der Waals surface area contributed by atoms with Gasteiger partial charge in [-0.2, -0.15) is 0 Å². The van der Waals surface area contributed by atoms with Gasteiger partial charge in [0.1, 0.15) is 6.33 Å². The van der Waals surface area contributed by atoms with E-state index in [-0.39, 0.29) is 10.6 Å². The Balaban J connectivity index is 1.50. The molecule has 0 amide bonds. The summed E-state index contributed by atoms with van der Waals surface area (Å²) in [4.78, 5) is 27.0. The Morgan fingerprint density at radius 2 is 1.37 bits per heavy atom. The Labute approximate surface area is 160 Å². The van der Waals surface area contributed by atoms with E-state index in [1.54, 1.807) is 0 Å². The summed E-state index contributed by atoms with van der Waals surface area (Å²) in [6, 6.07) is 0.699. The Bertz CT molecular complexity index is 650. The second-order valence-corrected chi connectivity index (χ2v) is 7.99. The highest BCUT2D eigenvalue weighted by Crippen LogP contribution is 2.36. The van der Waals surface area contributed by atoms with Crippen LogP contribution in [0, 0.1) is 10.1 Å². The van der Waals surface area contributed by atoms with Crippen LogP contribution in [0.4, 0.5) is 17.3 Å². The molecule has 1 aromatic rings. The maximum atomic E-state index is 11.9. The van der Waals surface area contributed by atoms with Crippen molar-refractivity contribution in [3.63, 3.8) is 0 Å². The van der Waals surface area contributed by atoms with E-state index >= 15 is 0 Å². The van der Waals surface area contributed by atoms with Crippen LogP contribution in [0.15, 0.2) is 6.33 Å². The van der Waals surface area contributed by atoms with Gasteiger partial charge < -0.3 is 9.80 Å². The lowest BCUT2D eigenvalue weighted by Crippen LogP contribution is -2.51. The van der Waals surface area contributed by atoms with Crippen molar-refractivity contribution in [1.29, 1.82) is 0 Å². The third-order valence-corrected chi connectivity index (χ3v) is 6.33. The number of nitrogens with zero attached hydrogens (tertiary/aromatic N) is 6. The van der Waals surface area contributed by atoms with Gasteiger partial charge in [0.15, 0.2) is 0 Å². The fourth-order valence-corrected chi connectivity index (χ4v) is 4.84. The minimum Gasteiger partial charge on any atom is -0.351 e. The second kappa shape index (κ2) is 8.37. The van der Waals surface area contributed by atoms with Gasteiger partial charge in [0.05, 0.1) is 4.92 Å². The normalized spacial score (nSPS) is 22.8. The average Bonchev–Trinajstić information content (AvgIpc) is 2.74. The maximum Gasteiger partial charge on any atom is 0.353 e. The van der Waals surface area contributed by atoms with Crippen molar-refractivity contribution in [2.24, 2.45) is 0 Å². The van der Waals surface area contributed by atoms with Crippen LogP contribution in [0.5, 0.6) is 0 Å². The standard InChI is InChI=1S/C19H30N6O2/c26-25(27)17-18(23-9-5-2-6-10-23)20-15-21-19(17)24-13-11-22(12-14-24)16-7-3-1-4-8-16/h15-16H,1-14H2. The molecule has 1 aromatic heterocycles. The molecule has 2 aliphatic heterocycles. The summed E-state index contributed by atoms with van der Waals surface area (Å²) in [5.41, 5.74) is 0.0884. The Morgan fingerprint density at radius 1 is 0.815 bits per heavy atom. The molecular weight excluding hydrogens is 344 g/mol. The first-order valence-corrected chi connectivity index (χ1v) is 10.5. The molecule has 3 fully saturated rings. The van der Waals surface area contributed by atoms with E-state index in [1.165, 1.54) is 44.9 Å². The number of piperazine rings is 1. The number of rotatable bonds is 4. The Kier molecular flexibility index (Phi) is 5.71. The van der Waals surface area contributed by atoms with Crippen LogP contribution in [0.25, 0.3) is 0 Å². The number of hydrogen-bond acceptors (Lipinski definition) is 7. The molecule has 0 unspecified atom stereocenters. The maximum absolute atomic E-state index is 11.9. The van der Waals surface area contributed by atoms with Gasteiger partial charge in [-0.3, -0.25) is 15.0 Å². The van der Waals surface area contributed by atoms with E-state index in [2.05, 4.69) is 24.7 Å². The van der Waals surface area contributed by atoms with Crippen molar-refractivity contribution < 1.29 is 4.92 Å². The molecule has 0 radical (unpaired) electrons. The molecule has 148 valence electrons. The van der Waals surface area contributed by atoms with Gasteiger partial charge in [-0.15, -0.1) is 0 Å². The van der Waals surface area contributed by atoms with Crippen molar-refractivity contribution in [3.05, 3.63) is 16.4 Å². The van der Waals surface area contributed by atoms with Gasteiger partial charge in [-0.25, -0.2) is 9.97 Å². The first-order valence-electron chi connectivity index (χ1n) is 10.5. The zero-order valence-electron chi connectivity index (χ0n) is 16.1. The summed E-state index contributed by atoms with van der Waals surface area (Å²) in [6.07, 6.45) is 11.4. The van der Waals surface area contributed by atoms with Crippen LogP contribution in [-0.4, -0.2) is 65.1 Å². The predicted octanol–water partition coefficient (Wildman–Crippen LogP) is 2.83. The van der Waals surface area contributed by atoms with Crippen LogP contribution in [0.3, 0.4) is 0 Å². The van der Waals surface area contributed by atoms with Gasteiger partial charge in [-0.05, 0) is 32.1 Å². The molecule has 27 heavy (non-hydrogen) atoms. The van der Waals surface area contributed by atoms with Crippen molar-refractivity contribution in [3.8, 4) is 0 Å². The molecule has 0 spiro atoms. The SMILES string of the molecule is O=[N+]([O-])c1c(N2CCCCC2)ncnc1N1CCN(C2CCCCC2)CC1. The van der Waals surface area contributed by atoms with E-state index in [1.807, 2.05) is 0 Å². The first kappa shape index (κ1) is 18.4. The van der Waals surface area contributed by atoms with Crippen LogP contribution < -0.4 is 9.80 Å². The smallest absolute Gasteiger partial charge is 0.351 e. The Morgan fingerprint density at radius 3 is 1.96 bits per heavy atom. The quantitative estimate of drug-likeness (QED) is 0.592. The summed E-state index contributed by atoms with van der Waals surface area (Å²) in [7, 11) is 0. The number of piperidine rings is 1. The van der Waals surface area contributed by atoms with Gasteiger partial charge in [0.25, 0.3) is 0 Å². The molecule has 1 saturated carbocycles. The number of anilines is 2. The molecule has 0 bridgehead atoms. The third-order valence-electron chi connectivity index (χ3n) is 6.33. The third kappa shape index (κ3) is 4.00. The van der Waals surface area contributed by atoms with Gasteiger partial charge >= 0.3 is 5.69 Å². The fourth-order valence-electron chi connectivity index (χ4n) is 4.84. The van der Waals surface area contributed by atoms with Gasteiger partial charge in [-0.1, -0.05) is 19.3 Å². The van der Waals surface area contributed by atoms with E-state index < -0.39 is 0 Å². The summed E-state index contributed by atoms with van der Waals surface area (Å²) in [5, 5.41) is 11.9. The molecule has 0 N–H and O–H groups in total. The van der Waals surface area contributed by atoms with E-state index in [0.29, 0.717) is 17.7 Å². The lowest BCUT2D eigenvalue weighted by molar-refractivity contribution is -0.383. The molecule has 0 atom stereocenters. The highest BCUT2D eigenvalue weighted by molar-refractivity contribution is 5.71. The lowest BCUT2D eigenvalue weighted by Gasteiger charge is -2.41. The number of aromatic nitrogens is 2. The molecule has 8 nitrogen and oxygen atoms in total. The summed E-state index contributed by atoms with van der Waals surface area (Å²) >= 11 is 0. The largest absolute Gasteiger partial charge is 0.353 e. The molecule has 3 heterocycles. The zero-order valence-corrected chi connectivity index (χ0v) is 16.1. The molecule has 4 rings (SSSR count). The molecule has 1 aliphatic carbocycles. The summed E-state index contributed by atoms with van der Waals surface area (Å²) in [6.45, 7) is 5.21. The zero-order chi connectivity index (χ0) is 18.6. The minimum atomic E-state index is -0.285. The first-order chi connectivity index (χ1) is 13.2. The number of hydrogen-bond donors (Lipinski definition) is 0. The van der Waals surface area contributed by atoms with Crippen LogP contribution in [-0.2, 0) is 0 Å². The van der Waals surface area contributed by atoms with Crippen molar-refractivity contribution in [2.45, 2.75) is 57.4 Å². The average molecular weight is 374 g/mol. The summed E-state index contributed by atoms with van der Waals surface area (Å²) < 4.78 is 0. The molecule has 3 aliphatic rings. The van der Waals surface area contributed by atoms with Crippen molar-refractivity contribution in [1.82, 2.24) is 14.9 Å². The topological polar surface area (TPSA) is 78.6 Å². The minimum absolute atomic E-state index is 0.0884. The van der Waals surface area contributed by atoms with E-state index in [4.69, 9.17) is 0 Å². The van der Waals surface area contributed by atoms with Crippen LogP contribution in [0.1, 0.15) is 51.4 Å². The van der Waals surface area contributed by atoms with Gasteiger partial charge in [0.2, 0.25) is 11.6 Å². The highest BCUT2D eigenvalue weighted by atomic mass is 16.6. The van der Waals surface area contributed by atoms with Gasteiger partial charge in [0, 0.05) is 45.3 Å². The monoisotopic (exact) mass is 374 g/mol. The van der Waals surface area contributed by atoms with Crippen molar-refractivity contribution in [2.75, 3.05) is 49.1 Å². The highest BCUT2D eigenvalue weighted by Gasteiger charge is 2.33. The lowest BCUT2D eigenvalue weighted by atomic mass is 9.94. The van der Waals surface area contributed by atoms with E-state index in [0.717, 1.165) is 52.1 Å². The molecular formula is C19H30N6O2. The van der Waals surface area contributed by atoms with Crippen molar-refractivity contribution >= 4 is 17.3 Å². The Hall–Kier alpha value is -1.96. The van der Waals surface area contributed by atoms with Crippen LogP contribution in [0.2, 0.25) is 0 Å². The fraction of sp³-hybridized carbons (Fsp3) is 0.789. The molecule has 0 aromatic carbocycles. The van der Waals surface area contributed by atoms with Crippen LogP contribution >= 0.6 is 0 Å². The molecule has 8 heteroatoms. The predicted molar refractivity (Wildman–Crippen MR) is 105 cm³/mol. The molecule has 2 saturated heterocycles. The number of nitro groups is 1. The van der Waals surface area contributed by atoms with E-state index in [9.17, 15) is 10.1 Å². The summed E-state index contributed by atoms with van der Waals surface area (Å²) in [5.74, 6) is 0.998.